The molecular weight excluding hydrogens is 163 g/mol. The highest BCUT2D eigenvalue weighted by Crippen LogP contribution is 2.12. The number of primary amides is 1. The number of nitrogens with zero attached hydrogens (tertiary/aromatic N) is 1. The van der Waals surface area contributed by atoms with E-state index in [4.69, 9.17) is 5.73 Å². The van der Waals surface area contributed by atoms with Gasteiger partial charge in [0, 0.05) is 6.54 Å². The van der Waals surface area contributed by atoms with Gasteiger partial charge in [0.1, 0.15) is 12.6 Å². The van der Waals surface area contributed by atoms with Gasteiger partial charge in [-0.1, -0.05) is 0 Å². The second-order valence-corrected chi connectivity index (χ2v) is 2.72. The van der Waals surface area contributed by atoms with Crippen LogP contribution in [0.2, 0.25) is 0 Å². The maximum Gasteiger partial charge on any atom is 0.236 e. The molecule has 67 valence electrons. The van der Waals surface area contributed by atoms with E-state index in [0.717, 1.165) is 6.42 Å². The molecule has 12 heavy (non-hydrogen) atoms. The molecule has 0 spiro atoms. The molecule has 1 radical (unpaired) electrons. The summed E-state index contributed by atoms with van der Waals surface area (Å²) in [5.41, 5.74) is 4.76. The van der Waals surface area contributed by atoms with Gasteiger partial charge in [-0.15, -0.1) is 0 Å². The first kappa shape index (κ1) is 8.96. The number of carbonyl (C=O) groups is 2. The molecule has 0 saturated carbocycles. The highest BCUT2D eigenvalue weighted by molar-refractivity contribution is 6.07. The normalized spacial score (nSPS) is 22.8. The molecule has 1 atom stereocenters. The number of alkyl halides is 1. The van der Waals surface area contributed by atoms with Gasteiger partial charge in [-0.3, -0.25) is 9.59 Å². The summed E-state index contributed by atoms with van der Waals surface area (Å²) in [6, 6.07) is 0. The zero-order chi connectivity index (χ0) is 9.14. The van der Waals surface area contributed by atoms with Crippen molar-refractivity contribution in [3.63, 3.8) is 0 Å². The van der Waals surface area contributed by atoms with E-state index in [1.54, 1.807) is 0 Å². The average Bonchev–Trinajstić information content (AvgIpc) is 2.34. The molecule has 1 aliphatic rings. The SMILES string of the molecule is NC(=O)[CH]C(=O)N1CC[C@H](F)C1. The van der Waals surface area contributed by atoms with E-state index in [9.17, 15) is 14.0 Å². The van der Waals surface area contributed by atoms with Crippen LogP contribution in [-0.4, -0.2) is 36.0 Å². The summed E-state index contributed by atoms with van der Waals surface area (Å²) < 4.78 is 12.5. The standard InChI is InChI=1S/C7H10FN2O2/c8-5-1-2-10(4-5)7(12)3-6(9)11/h3,5H,1-2,4H2,(H2,9,11)/t5-/m0/s1. The van der Waals surface area contributed by atoms with Crippen molar-refractivity contribution in [1.29, 1.82) is 0 Å². The first-order chi connectivity index (χ1) is 5.59. The summed E-state index contributed by atoms with van der Waals surface area (Å²) >= 11 is 0. The lowest BCUT2D eigenvalue weighted by molar-refractivity contribution is -0.129. The molecular formula is C7H10FN2O2. The van der Waals surface area contributed by atoms with E-state index in [2.05, 4.69) is 0 Å². The van der Waals surface area contributed by atoms with Crippen LogP contribution in [0.4, 0.5) is 4.39 Å². The fraction of sp³-hybridized carbons (Fsp3) is 0.571. The first-order valence-electron chi connectivity index (χ1n) is 3.67. The van der Waals surface area contributed by atoms with Crippen molar-refractivity contribution < 1.29 is 14.0 Å². The van der Waals surface area contributed by atoms with Crippen molar-refractivity contribution in [2.45, 2.75) is 12.6 Å². The maximum atomic E-state index is 12.5. The van der Waals surface area contributed by atoms with Gasteiger partial charge >= 0.3 is 0 Å². The first-order valence-corrected chi connectivity index (χ1v) is 3.67. The van der Waals surface area contributed by atoms with Crippen LogP contribution in [0, 0.1) is 6.42 Å². The average molecular weight is 173 g/mol. The van der Waals surface area contributed by atoms with E-state index in [-0.39, 0.29) is 6.54 Å². The highest BCUT2D eigenvalue weighted by atomic mass is 19.1. The van der Waals surface area contributed by atoms with Gasteiger partial charge in [0.2, 0.25) is 11.8 Å². The molecule has 0 aromatic heterocycles. The van der Waals surface area contributed by atoms with Crippen LogP contribution in [-0.2, 0) is 9.59 Å². The molecule has 0 aromatic carbocycles. The summed E-state index contributed by atoms with van der Waals surface area (Å²) in [5.74, 6) is -1.29. The zero-order valence-electron chi connectivity index (χ0n) is 6.50. The predicted octanol–water partition coefficient (Wildman–Crippen LogP) is -0.754. The van der Waals surface area contributed by atoms with Crippen molar-refractivity contribution in [2.75, 3.05) is 13.1 Å². The fourth-order valence-corrected chi connectivity index (χ4v) is 1.13. The number of rotatable bonds is 2. The minimum Gasteiger partial charge on any atom is -0.369 e. The number of halogens is 1. The summed E-state index contributed by atoms with van der Waals surface area (Å²) in [4.78, 5) is 22.6. The molecule has 1 rings (SSSR count). The van der Waals surface area contributed by atoms with Gasteiger partial charge in [-0.2, -0.15) is 0 Å². The lowest BCUT2D eigenvalue weighted by Crippen LogP contribution is -2.33. The minimum atomic E-state index is -0.963. The number of amides is 2. The quantitative estimate of drug-likeness (QED) is 0.558. The van der Waals surface area contributed by atoms with Crippen molar-refractivity contribution in [3.05, 3.63) is 6.42 Å². The number of carbonyl (C=O) groups excluding carboxylic acids is 2. The molecule has 2 amide bonds. The van der Waals surface area contributed by atoms with E-state index in [0.29, 0.717) is 13.0 Å². The van der Waals surface area contributed by atoms with Crippen molar-refractivity contribution >= 4 is 11.8 Å². The fourth-order valence-electron chi connectivity index (χ4n) is 1.13. The Bertz CT molecular complexity index is 208. The molecule has 5 heteroatoms. The Balaban J connectivity index is 2.38. The van der Waals surface area contributed by atoms with E-state index in [1.165, 1.54) is 4.90 Å². The second-order valence-electron chi connectivity index (χ2n) is 2.72. The lowest BCUT2D eigenvalue weighted by atomic mass is 10.3. The number of hydrogen-bond acceptors (Lipinski definition) is 2. The van der Waals surface area contributed by atoms with Crippen LogP contribution in [0.5, 0.6) is 0 Å². The van der Waals surface area contributed by atoms with Gasteiger partial charge in [-0.05, 0) is 6.42 Å². The maximum absolute atomic E-state index is 12.5. The van der Waals surface area contributed by atoms with E-state index >= 15 is 0 Å². The molecule has 1 saturated heterocycles. The van der Waals surface area contributed by atoms with Crippen LogP contribution in [0.15, 0.2) is 0 Å². The zero-order valence-corrected chi connectivity index (χ0v) is 6.50. The monoisotopic (exact) mass is 173 g/mol. The van der Waals surface area contributed by atoms with E-state index < -0.39 is 18.0 Å². The molecule has 0 bridgehead atoms. The highest BCUT2D eigenvalue weighted by Gasteiger charge is 2.26. The van der Waals surface area contributed by atoms with Gasteiger partial charge in [0.15, 0.2) is 0 Å². The Kier molecular flexibility index (Phi) is 2.62. The largest absolute Gasteiger partial charge is 0.369 e. The molecule has 0 aliphatic carbocycles. The van der Waals surface area contributed by atoms with Gasteiger partial charge in [-0.25, -0.2) is 4.39 Å². The van der Waals surface area contributed by atoms with E-state index in [1.807, 2.05) is 0 Å². The van der Waals surface area contributed by atoms with Crippen molar-refractivity contribution in [3.8, 4) is 0 Å². The molecule has 2 N–H and O–H groups in total. The minimum absolute atomic E-state index is 0.0720. The smallest absolute Gasteiger partial charge is 0.236 e. The lowest BCUT2D eigenvalue weighted by Gasteiger charge is -2.12. The van der Waals surface area contributed by atoms with Gasteiger partial charge in [0.25, 0.3) is 0 Å². The third-order valence-electron chi connectivity index (χ3n) is 1.71. The third-order valence-corrected chi connectivity index (χ3v) is 1.71. The Morgan fingerprint density at radius 3 is 2.67 bits per heavy atom. The van der Waals surface area contributed by atoms with Crippen LogP contribution in [0.3, 0.4) is 0 Å². The Hall–Kier alpha value is -1.13. The van der Waals surface area contributed by atoms with Crippen LogP contribution in [0.25, 0.3) is 0 Å². The summed E-state index contributed by atoms with van der Waals surface area (Å²) in [6.45, 7) is 0.437. The number of likely N-dealkylation sites (tertiary alicyclic amines) is 1. The Labute approximate surface area is 69.5 Å². The van der Waals surface area contributed by atoms with Crippen LogP contribution >= 0.6 is 0 Å². The molecule has 0 unspecified atom stereocenters. The summed E-state index contributed by atoms with van der Waals surface area (Å²) in [6.07, 6.45) is 0.159. The molecule has 0 aromatic rings. The summed E-state index contributed by atoms with van der Waals surface area (Å²) in [7, 11) is 0. The Morgan fingerprint density at radius 1 is 1.58 bits per heavy atom. The number of hydrogen-bond donors (Lipinski definition) is 1. The topological polar surface area (TPSA) is 63.4 Å². The van der Waals surface area contributed by atoms with Gasteiger partial charge < -0.3 is 10.6 Å². The second kappa shape index (κ2) is 3.51. The van der Waals surface area contributed by atoms with Gasteiger partial charge in [0.05, 0.1) is 6.54 Å². The molecule has 1 aliphatic heterocycles. The summed E-state index contributed by atoms with van der Waals surface area (Å²) in [5, 5.41) is 0. The third kappa shape index (κ3) is 2.18. The van der Waals surface area contributed by atoms with Crippen LogP contribution in [0.1, 0.15) is 6.42 Å². The molecule has 1 fully saturated rings. The number of nitrogens with two attached hydrogens (primary N) is 1. The molecule has 1 heterocycles. The van der Waals surface area contributed by atoms with Crippen molar-refractivity contribution in [2.24, 2.45) is 5.73 Å². The Morgan fingerprint density at radius 2 is 2.25 bits per heavy atom. The van der Waals surface area contributed by atoms with Crippen LogP contribution < -0.4 is 5.73 Å². The molecule has 4 nitrogen and oxygen atoms in total. The van der Waals surface area contributed by atoms with Crippen molar-refractivity contribution in [1.82, 2.24) is 4.90 Å². The predicted molar refractivity (Wildman–Crippen MR) is 39.6 cm³/mol.